The van der Waals surface area contributed by atoms with Crippen LogP contribution in [0.1, 0.15) is 51.4 Å². The molecule has 3 aromatic carbocycles. The molecule has 5 aromatic rings. The maximum atomic E-state index is 13.2. The quantitative estimate of drug-likeness (QED) is 0.125. The number of nitrogens with one attached hydrogen (secondary N) is 2. The Bertz CT molecular complexity index is 1910. The van der Waals surface area contributed by atoms with Crippen LogP contribution in [0.5, 0.6) is 5.75 Å². The van der Waals surface area contributed by atoms with Crippen molar-refractivity contribution in [2.75, 3.05) is 23.5 Å². The second-order valence-electron chi connectivity index (χ2n) is 12.4. The molecule has 5 N–H and O–H groups in total. The SMILES string of the molecule is C=C(C)Cl.CO[C@H](C)C(=O)O.Cc1ccc(-n2nc(C(C)(C)C)cc2NC(=O)Nc2ccc(OCc3ccnc(N)c3)c3ccccc23)cc1. The highest BCUT2D eigenvalue weighted by atomic mass is 35.5. The second-order valence-corrected chi connectivity index (χ2v) is 13.1. The van der Waals surface area contributed by atoms with E-state index in [0.29, 0.717) is 34.7 Å². The molecule has 50 heavy (non-hydrogen) atoms. The van der Waals surface area contributed by atoms with Crippen LogP contribution in [-0.4, -0.2) is 45.1 Å². The zero-order valence-electron chi connectivity index (χ0n) is 29.5. The number of hydrogen-bond donors (Lipinski definition) is 4. The molecule has 11 nitrogen and oxygen atoms in total. The van der Waals surface area contributed by atoms with Crippen molar-refractivity contribution in [2.24, 2.45) is 0 Å². The van der Waals surface area contributed by atoms with E-state index in [1.165, 1.54) is 14.0 Å². The molecule has 264 valence electrons. The third kappa shape index (κ3) is 11.6. The summed E-state index contributed by atoms with van der Waals surface area (Å²) in [6, 6.07) is 24.7. The fraction of sp³-hybridized carbons (Fsp3) is 0.263. The molecular weight excluding hydrogens is 656 g/mol. The van der Waals surface area contributed by atoms with Gasteiger partial charge >= 0.3 is 12.0 Å². The topological polar surface area (TPSA) is 154 Å². The van der Waals surface area contributed by atoms with E-state index in [1.807, 2.05) is 79.7 Å². The molecule has 0 unspecified atom stereocenters. The number of carbonyl (C=O) groups excluding carboxylic acids is 1. The molecule has 2 heterocycles. The summed E-state index contributed by atoms with van der Waals surface area (Å²) in [5.41, 5.74) is 10.1. The smallest absolute Gasteiger partial charge is 0.332 e. The number of methoxy groups -OCH3 is 1. The van der Waals surface area contributed by atoms with Crippen LogP contribution in [0, 0.1) is 6.92 Å². The monoisotopic (exact) mass is 700 g/mol. The number of hydrogen-bond acceptors (Lipinski definition) is 7. The summed E-state index contributed by atoms with van der Waals surface area (Å²) < 4.78 is 12.3. The van der Waals surface area contributed by atoms with Crippen molar-refractivity contribution in [3.8, 4) is 11.4 Å². The summed E-state index contributed by atoms with van der Waals surface area (Å²) >= 11 is 5.08. The molecule has 0 aliphatic heterocycles. The predicted octanol–water partition coefficient (Wildman–Crippen LogP) is 8.70. The number of rotatable bonds is 8. The van der Waals surface area contributed by atoms with Crippen LogP contribution in [-0.2, 0) is 21.6 Å². The minimum absolute atomic E-state index is 0.184. The lowest BCUT2D eigenvalue weighted by atomic mass is 9.92. The third-order valence-corrected chi connectivity index (χ3v) is 7.07. The standard InChI is InChI=1S/C31H32N6O2.C4H8O3.C3H5Cl/c1-20-9-11-22(12-10-20)37-29(18-27(36-37)31(2,3)4)35-30(38)34-25-13-14-26(24-8-6-5-7-23(24)25)39-19-21-15-16-33-28(32)17-21;1-3(7-2)4(5)6;1-3(2)4/h5-18H,19H2,1-4H3,(H2,32,33)(H2,34,35,38);3H,1-2H3,(H,5,6);1H2,2H3/t;3-;/m.1./s1. The first-order valence-electron chi connectivity index (χ1n) is 15.8. The number of allylic oxidation sites excluding steroid dienone is 1. The van der Waals surface area contributed by atoms with Crippen molar-refractivity contribution in [2.45, 2.75) is 59.7 Å². The molecule has 5 rings (SSSR count). The number of benzene rings is 3. The molecule has 0 aliphatic carbocycles. The fourth-order valence-electron chi connectivity index (χ4n) is 4.34. The Hall–Kier alpha value is -5.39. The van der Waals surface area contributed by atoms with Gasteiger partial charge in [0.1, 0.15) is 24.0 Å². The molecule has 0 spiro atoms. The van der Waals surface area contributed by atoms with Gasteiger partial charge < -0.3 is 25.6 Å². The van der Waals surface area contributed by atoms with Gasteiger partial charge in [-0.25, -0.2) is 19.3 Å². The van der Waals surface area contributed by atoms with Crippen molar-refractivity contribution < 1.29 is 24.2 Å². The number of fused-ring (bicyclic) bond motifs is 1. The molecule has 1 atom stereocenters. The number of carbonyl (C=O) groups is 2. The first-order valence-corrected chi connectivity index (χ1v) is 16.1. The van der Waals surface area contributed by atoms with Crippen LogP contribution < -0.4 is 21.1 Å². The number of carboxylic acid groups (broad SMARTS) is 1. The summed E-state index contributed by atoms with van der Waals surface area (Å²) in [6.45, 7) is 15.2. The minimum atomic E-state index is -0.928. The van der Waals surface area contributed by atoms with Gasteiger partial charge in [0, 0.05) is 40.6 Å². The third-order valence-electron chi connectivity index (χ3n) is 7.07. The number of nitrogens with two attached hydrogens (primary N) is 1. The highest BCUT2D eigenvalue weighted by molar-refractivity contribution is 6.28. The summed E-state index contributed by atoms with van der Waals surface area (Å²) in [5, 5.41) is 21.2. The molecular formula is C38H45ClN6O5. The zero-order chi connectivity index (χ0) is 37.0. The lowest BCUT2D eigenvalue weighted by molar-refractivity contribution is -0.147. The molecule has 0 bridgehead atoms. The maximum absolute atomic E-state index is 13.2. The van der Waals surface area contributed by atoms with Crippen LogP contribution in [0.15, 0.2) is 96.7 Å². The second kappa shape index (κ2) is 17.8. The minimum Gasteiger partial charge on any atom is -0.488 e. The lowest BCUT2D eigenvalue weighted by Crippen LogP contribution is -2.21. The zero-order valence-corrected chi connectivity index (χ0v) is 30.2. The number of anilines is 3. The molecule has 12 heteroatoms. The van der Waals surface area contributed by atoms with Gasteiger partial charge in [-0.15, -0.1) is 0 Å². The van der Waals surface area contributed by atoms with Gasteiger partial charge in [-0.05, 0) is 62.7 Å². The van der Waals surface area contributed by atoms with Crippen LogP contribution in [0.25, 0.3) is 16.5 Å². The number of aromatic nitrogens is 3. The Morgan fingerprint density at radius 2 is 1.66 bits per heavy atom. The largest absolute Gasteiger partial charge is 0.488 e. The fourth-order valence-corrected chi connectivity index (χ4v) is 4.34. The van der Waals surface area contributed by atoms with Crippen molar-refractivity contribution in [1.82, 2.24) is 14.8 Å². The van der Waals surface area contributed by atoms with E-state index < -0.39 is 12.1 Å². The number of urea groups is 1. The van der Waals surface area contributed by atoms with Gasteiger partial charge in [0.05, 0.1) is 17.1 Å². The van der Waals surface area contributed by atoms with Crippen molar-refractivity contribution in [3.05, 3.63) is 113 Å². The highest BCUT2D eigenvalue weighted by Crippen LogP contribution is 2.33. The predicted molar refractivity (Wildman–Crippen MR) is 201 cm³/mol. The van der Waals surface area contributed by atoms with Crippen molar-refractivity contribution in [1.29, 1.82) is 0 Å². The van der Waals surface area contributed by atoms with E-state index >= 15 is 0 Å². The number of aryl methyl sites for hydroxylation is 1. The van der Waals surface area contributed by atoms with Crippen LogP contribution >= 0.6 is 11.6 Å². The van der Waals surface area contributed by atoms with E-state index in [1.54, 1.807) is 23.9 Å². The Morgan fingerprint density at radius 1 is 1.02 bits per heavy atom. The van der Waals surface area contributed by atoms with E-state index in [2.05, 4.69) is 47.7 Å². The van der Waals surface area contributed by atoms with E-state index in [9.17, 15) is 9.59 Å². The van der Waals surface area contributed by atoms with Gasteiger partial charge in [0.2, 0.25) is 0 Å². The summed E-state index contributed by atoms with van der Waals surface area (Å²) in [6.07, 6.45) is 0.979. The van der Waals surface area contributed by atoms with Crippen molar-refractivity contribution >= 4 is 51.7 Å². The average molecular weight is 701 g/mol. The summed E-state index contributed by atoms with van der Waals surface area (Å²) in [5.74, 6) is 0.814. The maximum Gasteiger partial charge on any atom is 0.332 e. The van der Waals surface area contributed by atoms with Gasteiger partial charge in [-0.1, -0.05) is 80.9 Å². The number of nitrogen functional groups attached to an aromatic ring is 1. The normalized spacial score (nSPS) is 11.3. The molecule has 0 saturated heterocycles. The van der Waals surface area contributed by atoms with E-state index in [4.69, 9.17) is 32.3 Å². The number of pyridine rings is 1. The molecule has 2 amide bonds. The summed E-state index contributed by atoms with van der Waals surface area (Å²) in [4.78, 5) is 27.1. The number of amides is 2. The molecule has 2 aromatic heterocycles. The van der Waals surface area contributed by atoms with Gasteiger partial charge in [-0.3, -0.25) is 5.32 Å². The molecule has 0 radical (unpaired) electrons. The Balaban J connectivity index is 0.000000535. The number of nitrogens with zero attached hydrogens (tertiary/aromatic N) is 3. The van der Waals surface area contributed by atoms with E-state index in [0.717, 1.165) is 33.3 Å². The Morgan fingerprint density at radius 3 is 2.22 bits per heavy atom. The van der Waals surface area contributed by atoms with Gasteiger partial charge in [0.25, 0.3) is 0 Å². The highest BCUT2D eigenvalue weighted by Gasteiger charge is 2.22. The van der Waals surface area contributed by atoms with Crippen LogP contribution in [0.4, 0.5) is 22.1 Å². The Labute approximate surface area is 298 Å². The summed E-state index contributed by atoms with van der Waals surface area (Å²) in [7, 11) is 1.36. The first kappa shape index (κ1) is 39.1. The van der Waals surface area contributed by atoms with Crippen LogP contribution in [0.3, 0.4) is 0 Å². The Kier molecular flexibility index (Phi) is 13.9. The molecule has 0 aliphatic rings. The average Bonchev–Trinajstić information content (AvgIpc) is 3.48. The lowest BCUT2D eigenvalue weighted by Gasteiger charge is -2.14. The number of halogens is 1. The van der Waals surface area contributed by atoms with Gasteiger partial charge in [0.15, 0.2) is 6.10 Å². The molecule has 0 saturated carbocycles. The first-order chi connectivity index (χ1) is 23.6. The van der Waals surface area contributed by atoms with E-state index in [-0.39, 0.29) is 11.4 Å². The number of aliphatic carboxylic acids is 1. The number of ether oxygens (including phenoxy) is 2. The van der Waals surface area contributed by atoms with Gasteiger partial charge in [-0.2, -0.15) is 5.10 Å². The molecule has 0 fully saturated rings. The van der Waals surface area contributed by atoms with Crippen molar-refractivity contribution in [3.63, 3.8) is 0 Å². The van der Waals surface area contributed by atoms with Crippen LogP contribution in [0.2, 0.25) is 0 Å². The number of carboxylic acids is 1.